The number of Topliss-reactive ketones (excluding diaryl/α,β-unsaturated/α-hetero) is 1. The molecule has 1 N–H and O–H groups in total. The summed E-state index contributed by atoms with van der Waals surface area (Å²) in [6, 6.07) is 0. The van der Waals surface area contributed by atoms with Gasteiger partial charge >= 0.3 is 0 Å². The van der Waals surface area contributed by atoms with Crippen molar-refractivity contribution in [3.63, 3.8) is 0 Å². The van der Waals surface area contributed by atoms with E-state index in [0.29, 0.717) is 0 Å². The zero-order valence-corrected chi connectivity index (χ0v) is 5.10. The van der Waals surface area contributed by atoms with Gasteiger partial charge in [0.15, 0.2) is 5.78 Å². The molecule has 1 saturated heterocycles. The van der Waals surface area contributed by atoms with Crippen LogP contribution in [-0.4, -0.2) is 18.2 Å². The summed E-state index contributed by atoms with van der Waals surface area (Å²) in [6.07, 6.45) is 1.53. The highest BCUT2D eigenvalue weighted by Crippen LogP contribution is 2.01. The summed E-state index contributed by atoms with van der Waals surface area (Å²) >= 11 is 0. The van der Waals surface area contributed by atoms with Crippen LogP contribution in [0.5, 0.6) is 0 Å². The van der Waals surface area contributed by atoms with Crippen molar-refractivity contribution in [2.45, 2.75) is 6.92 Å². The Morgan fingerprint density at radius 2 is 2.22 bits per heavy atom. The number of carbonyl (C=O) groups is 2. The van der Waals surface area contributed by atoms with Gasteiger partial charge < -0.3 is 5.32 Å². The second kappa shape index (κ2) is 2.01. The summed E-state index contributed by atoms with van der Waals surface area (Å²) in [4.78, 5) is 21.3. The third-order valence-electron chi connectivity index (χ3n) is 1.24. The molecule has 1 fully saturated rings. The normalized spacial score (nSPS) is 23.0. The molecular weight excluding hydrogens is 118 g/mol. The lowest BCUT2D eigenvalue weighted by molar-refractivity contribution is -0.117. The molecule has 0 aliphatic carbocycles. The number of allylic oxidation sites excluding steroid dienone is 1. The van der Waals surface area contributed by atoms with Crippen LogP contribution in [0.3, 0.4) is 0 Å². The Bertz CT molecular complexity index is 175. The van der Waals surface area contributed by atoms with Gasteiger partial charge in [-0.05, 0) is 6.92 Å². The SMILES string of the molecule is C/C=C1/C(=O)CNC1=O. The van der Waals surface area contributed by atoms with Crippen molar-refractivity contribution >= 4 is 11.7 Å². The van der Waals surface area contributed by atoms with Gasteiger partial charge in [0, 0.05) is 0 Å². The molecule has 48 valence electrons. The van der Waals surface area contributed by atoms with Crippen LogP contribution in [-0.2, 0) is 9.59 Å². The highest BCUT2D eigenvalue weighted by atomic mass is 16.2. The Labute approximate surface area is 52.7 Å². The molecule has 0 saturated carbocycles. The molecular formula is C6H7NO2. The molecule has 1 amide bonds. The number of nitrogens with one attached hydrogen (secondary N) is 1. The smallest absolute Gasteiger partial charge is 0.255 e. The average Bonchev–Trinajstić information content (AvgIpc) is 2.12. The highest BCUT2D eigenvalue weighted by molar-refractivity contribution is 6.24. The largest absolute Gasteiger partial charge is 0.344 e. The van der Waals surface area contributed by atoms with Gasteiger partial charge in [0.2, 0.25) is 0 Å². The van der Waals surface area contributed by atoms with Crippen molar-refractivity contribution in [3.8, 4) is 0 Å². The van der Waals surface area contributed by atoms with Gasteiger partial charge in [-0.2, -0.15) is 0 Å². The number of hydrogen-bond donors (Lipinski definition) is 1. The minimum absolute atomic E-state index is 0.109. The topological polar surface area (TPSA) is 46.2 Å². The predicted molar refractivity (Wildman–Crippen MR) is 31.8 cm³/mol. The minimum Gasteiger partial charge on any atom is -0.344 e. The standard InChI is InChI=1S/C6H7NO2/c1-2-4-5(8)3-7-6(4)9/h2H,3H2,1H3,(H,7,9)/b4-2-. The Hall–Kier alpha value is -1.12. The lowest BCUT2D eigenvalue weighted by Crippen LogP contribution is -2.14. The van der Waals surface area contributed by atoms with Gasteiger partial charge in [-0.15, -0.1) is 0 Å². The summed E-state index contributed by atoms with van der Waals surface area (Å²) in [7, 11) is 0. The van der Waals surface area contributed by atoms with Crippen LogP contribution < -0.4 is 5.32 Å². The summed E-state index contributed by atoms with van der Waals surface area (Å²) in [5.74, 6) is -0.356. The first-order valence-electron chi connectivity index (χ1n) is 2.73. The van der Waals surface area contributed by atoms with Crippen LogP contribution in [0.1, 0.15) is 6.92 Å². The van der Waals surface area contributed by atoms with E-state index < -0.39 is 0 Å². The van der Waals surface area contributed by atoms with Crippen molar-refractivity contribution in [3.05, 3.63) is 11.6 Å². The molecule has 3 heteroatoms. The quantitative estimate of drug-likeness (QED) is 0.354. The Balaban J connectivity index is 2.91. The van der Waals surface area contributed by atoms with E-state index in [1.165, 1.54) is 6.08 Å². The zero-order valence-electron chi connectivity index (χ0n) is 5.10. The summed E-state index contributed by atoms with van der Waals surface area (Å²) in [5, 5.41) is 2.41. The minimum atomic E-state index is -0.248. The van der Waals surface area contributed by atoms with Crippen LogP contribution in [0.2, 0.25) is 0 Å². The van der Waals surface area contributed by atoms with E-state index in [-0.39, 0.29) is 23.8 Å². The molecule has 0 spiro atoms. The molecule has 1 aliphatic heterocycles. The molecule has 0 aromatic heterocycles. The number of carbonyl (C=O) groups excluding carboxylic acids is 2. The van der Waals surface area contributed by atoms with E-state index in [1.54, 1.807) is 6.92 Å². The third kappa shape index (κ3) is 0.850. The van der Waals surface area contributed by atoms with E-state index in [2.05, 4.69) is 5.32 Å². The zero-order chi connectivity index (χ0) is 6.85. The predicted octanol–water partition coefficient (Wildman–Crippen LogP) is -0.368. The molecule has 0 unspecified atom stereocenters. The van der Waals surface area contributed by atoms with Crippen molar-refractivity contribution in [1.82, 2.24) is 5.32 Å². The maximum absolute atomic E-state index is 10.7. The third-order valence-corrected chi connectivity index (χ3v) is 1.24. The molecule has 0 aromatic rings. The monoisotopic (exact) mass is 125 g/mol. The summed E-state index contributed by atoms with van der Waals surface area (Å²) < 4.78 is 0. The number of rotatable bonds is 0. The molecule has 3 nitrogen and oxygen atoms in total. The summed E-state index contributed by atoms with van der Waals surface area (Å²) in [6.45, 7) is 1.84. The molecule has 0 atom stereocenters. The van der Waals surface area contributed by atoms with Crippen molar-refractivity contribution in [2.75, 3.05) is 6.54 Å². The molecule has 0 aromatic carbocycles. The Morgan fingerprint density at radius 1 is 1.56 bits per heavy atom. The van der Waals surface area contributed by atoms with E-state index in [4.69, 9.17) is 0 Å². The fourth-order valence-corrected chi connectivity index (χ4v) is 0.770. The van der Waals surface area contributed by atoms with Crippen LogP contribution >= 0.6 is 0 Å². The van der Waals surface area contributed by atoms with Gasteiger partial charge in [0.1, 0.15) is 0 Å². The second-order valence-corrected chi connectivity index (χ2v) is 1.81. The fraction of sp³-hybridized carbons (Fsp3) is 0.333. The van der Waals surface area contributed by atoms with Crippen LogP contribution in [0.15, 0.2) is 11.6 Å². The van der Waals surface area contributed by atoms with Crippen LogP contribution in [0.4, 0.5) is 0 Å². The Morgan fingerprint density at radius 3 is 2.44 bits per heavy atom. The number of ketones is 1. The van der Waals surface area contributed by atoms with Gasteiger partial charge in [-0.3, -0.25) is 9.59 Å². The average molecular weight is 125 g/mol. The molecule has 1 aliphatic rings. The van der Waals surface area contributed by atoms with Gasteiger partial charge in [0.05, 0.1) is 12.1 Å². The number of amides is 1. The molecule has 1 heterocycles. The van der Waals surface area contributed by atoms with E-state index in [0.717, 1.165) is 0 Å². The first-order chi connectivity index (χ1) is 4.25. The molecule has 0 radical (unpaired) electrons. The molecule has 0 bridgehead atoms. The molecule has 9 heavy (non-hydrogen) atoms. The van der Waals surface area contributed by atoms with E-state index in [9.17, 15) is 9.59 Å². The van der Waals surface area contributed by atoms with E-state index >= 15 is 0 Å². The second-order valence-electron chi connectivity index (χ2n) is 1.81. The highest BCUT2D eigenvalue weighted by Gasteiger charge is 2.23. The lowest BCUT2D eigenvalue weighted by atomic mass is 10.2. The van der Waals surface area contributed by atoms with E-state index in [1.807, 2.05) is 0 Å². The maximum Gasteiger partial charge on any atom is 0.255 e. The molecule has 1 rings (SSSR count). The van der Waals surface area contributed by atoms with Gasteiger partial charge in [-0.1, -0.05) is 6.08 Å². The van der Waals surface area contributed by atoms with Gasteiger partial charge in [-0.25, -0.2) is 0 Å². The van der Waals surface area contributed by atoms with Crippen molar-refractivity contribution < 1.29 is 9.59 Å². The maximum atomic E-state index is 10.7. The van der Waals surface area contributed by atoms with Crippen molar-refractivity contribution in [1.29, 1.82) is 0 Å². The first-order valence-corrected chi connectivity index (χ1v) is 2.73. The van der Waals surface area contributed by atoms with Crippen LogP contribution in [0.25, 0.3) is 0 Å². The van der Waals surface area contributed by atoms with Crippen molar-refractivity contribution in [2.24, 2.45) is 0 Å². The lowest BCUT2D eigenvalue weighted by Gasteiger charge is -1.83. The first kappa shape index (κ1) is 6.01. The van der Waals surface area contributed by atoms with Gasteiger partial charge in [0.25, 0.3) is 5.91 Å². The number of hydrogen-bond acceptors (Lipinski definition) is 2. The van der Waals surface area contributed by atoms with Crippen LogP contribution in [0, 0.1) is 0 Å². The fourth-order valence-electron chi connectivity index (χ4n) is 0.770. The summed E-state index contributed by atoms with van der Waals surface area (Å²) in [5.41, 5.74) is 0.287. The Kier molecular flexibility index (Phi) is 1.34.